The summed E-state index contributed by atoms with van der Waals surface area (Å²) in [6.07, 6.45) is -3.62. The monoisotopic (exact) mass is 636 g/mol. The van der Waals surface area contributed by atoms with E-state index in [-0.39, 0.29) is 55.9 Å². The summed E-state index contributed by atoms with van der Waals surface area (Å²) in [5.41, 5.74) is -0.557. The Hall–Kier alpha value is -2.74. The van der Waals surface area contributed by atoms with Gasteiger partial charge in [0.25, 0.3) is 5.91 Å². The second kappa shape index (κ2) is 11.9. The van der Waals surface area contributed by atoms with Crippen molar-refractivity contribution in [2.75, 3.05) is 59.7 Å². The standard InChI is InChI=1S/C26H29Cl2F3N4O5S/c1-32(24(36)17-5-7-23(40-2)19(12-17)26(29,30)31)22-15-34(14-18(22)16-4-6-20(27)21(28)13-16)25(37)33-8-10-35(11-9-33)41(3,38)39/h4-7,12-13,18,22H,8-11,14-15H2,1-3H3/t18-,22+/m0/s1. The molecule has 4 rings (SSSR count). The number of carbonyl (C=O) groups excluding carboxylic acids is 2. The summed E-state index contributed by atoms with van der Waals surface area (Å²) in [6, 6.07) is 7.16. The molecule has 2 heterocycles. The molecule has 0 saturated carbocycles. The number of likely N-dealkylation sites (N-methyl/N-ethyl adjacent to an activating group) is 1. The second-order valence-corrected chi connectivity index (χ2v) is 12.8. The van der Waals surface area contributed by atoms with E-state index in [1.807, 2.05) is 0 Å². The molecule has 0 bridgehead atoms. The van der Waals surface area contributed by atoms with Crippen molar-refractivity contribution < 1.29 is 35.9 Å². The van der Waals surface area contributed by atoms with E-state index in [4.69, 9.17) is 27.9 Å². The number of alkyl halides is 3. The minimum Gasteiger partial charge on any atom is -0.496 e. The molecule has 0 spiro atoms. The third kappa shape index (κ3) is 6.68. The van der Waals surface area contributed by atoms with Crippen LogP contribution in [0.4, 0.5) is 18.0 Å². The molecular weight excluding hydrogens is 608 g/mol. The Labute approximate surface area is 246 Å². The molecule has 2 aromatic carbocycles. The maximum atomic E-state index is 13.6. The molecule has 0 N–H and O–H groups in total. The van der Waals surface area contributed by atoms with Gasteiger partial charge < -0.3 is 19.4 Å². The van der Waals surface area contributed by atoms with E-state index < -0.39 is 45.4 Å². The molecule has 2 atom stereocenters. The highest BCUT2D eigenvalue weighted by atomic mass is 35.5. The number of rotatable bonds is 5. The predicted octanol–water partition coefficient (Wildman–Crippen LogP) is 4.26. The average molecular weight is 638 g/mol. The zero-order valence-electron chi connectivity index (χ0n) is 22.5. The Bertz CT molecular complexity index is 1430. The number of ether oxygens (including phenoxy) is 1. The van der Waals surface area contributed by atoms with Crippen molar-refractivity contribution in [1.29, 1.82) is 0 Å². The number of likely N-dealkylation sites (tertiary alicyclic amines) is 1. The minimum absolute atomic E-state index is 0.0978. The van der Waals surface area contributed by atoms with Crippen LogP contribution in [0.5, 0.6) is 5.75 Å². The molecule has 9 nitrogen and oxygen atoms in total. The zero-order chi connectivity index (χ0) is 30.3. The number of hydrogen-bond donors (Lipinski definition) is 0. The molecule has 0 unspecified atom stereocenters. The number of halogens is 5. The lowest BCUT2D eigenvalue weighted by Crippen LogP contribution is -2.53. The molecule has 224 valence electrons. The number of nitrogens with zero attached hydrogens (tertiary/aromatic N) is 4. The molecule has 2 saturated heterocycles. The maximum Gasteiger partial charge on any atom is 0.419 e. The maximum absolute atomic E-state index is 13.6. The van der Waals surface area contributed by atoms with Crippen LogP contribution in [0, 0.1) is 0 Å². The molecule has 2 fully saturated rings. The molecule has 2 aliphatic heterocycles. The first-order valence-corrected chi connectivity index (χ1v) is 15.2. The summed E-state index contributed by atoms with van der Waals surface area (Å²) >= 11 is 12.4. The highest BCUT2D eigenvalue weighted by Crippen LogP contribution is 2.38. The van der Waals surface area contributed by atoms with Crippen molar-refractivity contribution in [3.05, 3.63) is 63.1 Å². The quantitative estimate of drug-likeness (QED) is 0.489. The number of urea groups is 1. The van der Waals surface area contributed by atoms with Crippen molar-refractivity contribution in [2.45, 2.75) is 18.1 Å². The molecule has 2 aromatic rings. The molecule has 3 amide bonds. The van der Waals surface area contributed by atoms with Crippen molar-refractivity contribution in [1.82, 2.24) is 19.0 Å². The van der Waals surface area contributed by atoms with Crippen LogP contribution >= 0.6 is 23.2 Å². The van der Waals surface area contributed by atoms with Gasteiger partial charge in [0.05, 0.1) is 35.0 Å². The Morgan fingerprint density at radius 2 is 1.63 bits per heavy atom. The van der Waals surface area contributed by atoms with Crippen molar-refractivity contribution >= 4 is 45.2 Å². The summed E-state index contributed by atoms with van der Waals surface area (Å²) in [5, 5.41) is 0.604. The van der Waals surface area contributed by atoms with Gasteiger partial charge in [0.2, 0.25) is 10.0 Å². The Balaban J connectivity index is 1.61. The summed E-state index contributed by atoms with van der Waals surface area (Å²) in [6.45, 7) is 1.02. The van der Waals surface area contributed by atoms with Crippen molar-refractivity contribution in [3.63, 3.8) is 0 Å². The SMILES string of the molecule is COc1ccc(C(=O)N(C)[C@@H]2CN(C(=O)N3CCN(S(C)(=O)=O)CC3)C[C@H]2c2ccc(Cl)c(Cl)c2)cc1C(F)(F)F. The van der Waals surface area contributed by atoms with Crippen molar-refractivity contribution in [3.8, 4) is 5.75 Å². The first kappa shape index (κ1) is 31.2. The number of methoxy groups -OCH3 is 1. The Morgan fingerprint density at radius 3 is 2.20 bits per heavy atom. The topological polar surface area (TPSA) is 90.5 Å². The fraction of sp³-hybridized carbons (Fsp3) is 0.462. The van der Waals surface area contributed by atoms with E-state index in [1.165, 1.54) is 22.3 Å². The van der Waals surface area contributed by atoms with E-state index >= 15 is 0 Å². The lowest BCUT2D eigenvalue weighted by molar-refractivity contribution is -0.138. The van der Waals surface area contributed by atoms with Crippen LogP contribution in [0.3, 0.4) is 0 Å². The Kier molecular flexibility index (Phi) is 9.03. The van der Waals surface area contributed by atoms with E-state index in [2.05, 4.69) is 0 Å². The number of hydrogen-bond acceptors (Lipinski definition) is 5. The molecule has 41 heavy (non-hydrogen) atoms. The molecule has 2 aliphatic rings. The number of amides is 3. The molecule has 15 heteroatoms. The van der Waals surface area contributed by atoms with Crippen LogP contribution in [0.25, 0.3) is 0 Å². The molecule has 0 aromatic heterocycles. The summed E-state index contributed by atoms with van der Waals surface area (Å²) in [5.74, 6) is -1.50. The van der Waals surface area contributed by atoms with Gasteiger partial charge >= 0.3 is 12.2 Å². The van der Waals surface area contributed by atoms with Crippen LogP contribution in [0.1, 0.15) is 27.4 Å². The van der Waals surface area contributed by atoms with Crippen molar-refractivity contribution in [2.24, 2.45) is 0 Å². The summed E-state index contributed by atoms with van der Waals surface area (Å²) < 4.78 is 70.8. The van der Waals surface area contributed by atoms with Crippen LogP contribution < -0.4 is 4.74 Å². The third-order valence-electron chi connectivity index (χ3n) is 7.48. The second-order valence-electron chi connectivity index (χ2n) is 10.0. The number of benzene rings is 2. The van der Waals surface area contributed by atoms with Gasteiger partial charge in [-0.2, -0.15) is 17.5 Å². The first-order valence-electron chi connectivity index (χ1n) is 12.6. The first-order chi connectivity index (χ1) is 19.1. The number of carbonyl (C=O) groups is 2. The highest BCUT2D eigenvalue weighted by Gasteiger charge is 2.43. The van der Waals surface area contributed by atoms with Gasteiger partial charge in [-0.15, -0.1) is 0 Å². The zero-order valence-corrected chi connectivity index (χ0v) is 24.8. The van der Waals surface area contributed by atoms with E-state index in [9.17, 15) is 31.2 Å². The summed E-state index contributed by atoms with van der Waals surface area (Å²) in [7, 11) is -0.787. The van der Waals surface area contributed by atoms with Gasteiger partial charge in [0.15, 0.2) is 0 Å². The fourth-order valence-electron chi connectivity index (χ4n) is 5.23. The fourth-order valence-corrected chi connectivity index (χ4v) is 6.37. The minimum atomic E-state index is -4.74. The van der Waals surface area contributed by atoms with Gasteiger partial charge in [-0.05, 0) is 35.9 Å². The largest absolute Gasteiger partial charge is 0.496 e. The summed E-state index contributed by atoms with van der Waals surface area (Å²) in [4.78, 5) is 31.4. The number of piperazine rings is 1. The Morgan fingerprint density at radius 1 is 0.976 bits per heavy atom. The van der Waals surface area contributed by atoms with Crippen LogP contribution in [-0.4, -0.2) is 105 Å². The van der Waals surface area contributed by atoms with Gasteiger partial charge in [0.1, 0.15) is 5.75 Å². The van der Waals surface area contributed by atoms with Gasteiger partial charge in [-0.1, -0.05) is 29.3 Å². The molecule has 0 aliphatic carbocycles. The number of sulfonamides is 1. The lowest BCUT2D eigenvalue weighted by atomic mass is 9.93. The smallest absolute Gasteiger partial charge is 0.419 e. The average Bonchev–Trinajstić information content (AvgIpc) is 3.37. The van der Waals surface area contributed by atoms with E-state index in [0.29, 0.717) is 10.6 Å². The van der Waals surface area contributed by atoms with Crippen LogP contribution in [0.15, 0.2) is 36.4 Å². The van der Waals surface area contributed by atoms with Gasteiger partial charge in [-0.3, -0.25) is 4.79 Å². The van der Waals surface area contributed by atoms with Gasteiger partial charge in [-0.25, -0.2) is 13.2 Å². The normalized spacial score (nSPS) is 20.3. The van der Waals surface area contributed by atoms with E-state index in [0.717, 1.165) is 25.5 Å². The van der Waals surface area contributed by atoms with E-state index in [1.54, 1.807) is 28.0 Å². The molecule has 0 radical (unpaired) electrons. The highest BCUT2D eigenvalue weighted by molar-refractivity contribution is 7.88. The van der Waals surface area contributed by atoms with Gasteiger partial charge in [0, 0.05) is 57.8 Å². The van der Waals surface area contributed by atoms with Crippen LogP contribution in [-0.2, 0) is 16.2 Å². The van der Waals surface area contributed by atoms with Crippen LogP contribution in [0.2, 0.25) is 10.0 Å². The third-order valence-corrected chi connectivity index (χ3v) is 9.52. The lowest BCUT2D eigenvalue weighted by Gasteiger charge is -2.35. The predicted molar refractivity (Wildman–Crippen MR) is 148 cm³/mol. The molecular formula is C26H29Cl2F3N4O5S.